The molecule has 0 saturated heterocycles. The van der Waals surface area contributed by atoms with Gasteiger partial charge in [0.15, 0.2) is 0 Å². The Kier molecular flexibility index (Phi) is 3.59. The highest BCUT2D eigenvalue weighted by atomic mass is 32.1. The number of fused-ring (bicyclic) bond motifs is 2. The molecule has 0 atom stereocenters. The van der Waals surface area contributed by atoms with E-state index in [1.807, 2.05) is 15.7 Å². The average Bonchev–Trinajstić information content (AvgIpc) is 3.39. The zero-order valence-electron chi connectivity index (χ0n) is 14.3. The van der Waals surface area contributed by atoms with Gasteiger partial charge in [-0.2, -0.15) is 0 Å². The monoisotopic (exact) mass is 354 g/mol. The molecule has 25 heavy (non-hydrogen) atoms. The van der Waals surface area contributed by atoms with Crippen LogP contribution in [-0.2, 0) is 25.8 Å². The van der Waals surface area contributed by atoms with Crippen molar-refractivity contribution in [2.75, 3.05) is 6.54 Å². The number of nitrogens with zero attached hydrogens (tertiary/aromatic N) is 2. The van der Waals surface area contributed by atoms with Gasteiger partial charge in [-0.3, -0.25) is 9.59 Å². The Labute approximate surface area is 151 Å². The Bertz CT molecular complexity index is 907. The van der Waals surface area contributed by atoms with Crippen molar-refractivity contribution in [1.29, 1.82) is 0 Å². The number of rotatable bonds is 2. The van der Waals surface area contributed by atoms with Crippen molar-refractivity contribution in [3.05, 3.63) is 55.1 Å². The van der Waals surface area contributed by atoms with Crippen LogP contribution < -0.4 is 5.56 Å². The molecule has 2 aromatic heterocycles. The Balaban J connectivity index is 1.43. The average molecular weight is 354 g/mol. The molecule has 4 nitrogen and oxygen atoms in total. The molecule has 130 valence electrons. The van der Waals surface area contributed by atoms with Gasteiger partial charge in [-0.1, -0.05) is 0 Å². The van der Waals surface area contributed by atoms with Gasteiger partial charge in [0.05, 0.1) is 4.88 Å². The molecule has 0 spiro atoms. The summed E-state index contributed by atoms with van der Waals surface area (Å²) < 4.78 is 1.87. The molecule has 1 aliphatic heterocycles. The van der Waals surface area contributed by atoms with Gasteiger partial charge in [0.1, 0.15) is 0 Å². The second-order valence-electron chi connectivity index (χ2n) is 7.55. The van der Waals surface area contributed by atoms with E-state index < -0.39 is 0 Å². The summed E-state index contributed by atoms with van der Waals surface area (Å²) >= 11 is 1.62. The second kappa shape index (κ2) is 5.84. The maximum atomic E-state index is 13.1. The van der Waals surface area contributed by atoms with Crippen LogP contribution in [0.2, 0.25) is 0 Å². The summed E-state index contributed by atoms with van der Waals surface area (Å²) in [6, 6.07) is 2.18. The third-order valence-corrected chi connectivity index (χ3v) is 6.86. The maximum Gasteiger partial charge on any atom is 0.264 e. The summed E-state index contributed by atoms with van der Waals surface area (Å²) in [5.74, 6) is 0.183. The highest BCUT2D eigenvalue weighted by Crippen LogP contribution is 2.35. The lowest BCUT2D eigenvalue weighted by Gasteiger charge is -2.29. The molecule has 0 radical (unpaired) electrons. The summed E-state index contributed by atoms with van der Waals surface area (Å²) in [6.07, 6.45) is 9.61. The molecule has 2 aliphatic carbocycles. The molecule has 0 N–H and O–H groups in total. The Hall–Kier alpha value is -1.88. The van der Waals surface area contributed by atoms with Crippen molar-refractivity contribution < 1.29 is 4.79 Å². The zero-order valence-corrected chi connectivity index (χ0v) is 15.1. The fraction of sp³-hybridized carbons (Fsp3) is 0.500. The fourth-order valence-corrected chi connectivity index (χ4v) is 5.33. The molecule has 0 bridgehead atoms. The van der Waals surface area contributed by atoms with Crippen molar-refractivity contribution in [2.24, 2.45) is 0 Å². The van der Waals surface area contributed by atoms with Crippen LogP contribution in [0.1, 0.15) is 63.7 Å². The lowest BCUT2D eigenvalue weighted by atomic mass is 9.93. The number of thiophene rings is 1. The number of pyridine rings is 1. The number of aromatic nitrogens is 1. The van der Waals surface area contributed by atoms with Crippen molar-refractivity contribution in [3.8, 4) is 0 Å². The number of carbonyl (C=O) groups is 1. The van der Waals surface area contributed by atoms with Gasteiger partial charge in [-0.25, -0.2) is 0 Å². The van der Waals surface area contributed by atoms with E-state index in [0.717, 1.165) is 48.1 Å². The van der Waals surface area contributed by atoms with E-state index >= 15 is 0 Å². The summed E-state index contributed by atoms with van der Waals surface area (Å²) in [7, 11) is 0. The van der Waals surface area contributed by atoms with E-state index in [1.54, 1.807) is 17.4 Å². The molecule has 5 heteroatoms. The molecule has 3 heterocycles. The van der Waals surface area contributed by atoms with Crippen molar-refractivity contribution in [2.45, 2.75) is 57.5 Å². The van der Waals surface area contributed by atoms with Crippen LogP contribution in [-0.4, -0.2) is 21.9 Å². The number of carbonyl (C=O) groups excluding carboxylic acids is 1. The Morgan fingerprint density at radius 2 is 1.92 bits per heavy atom. The van der Waals surface area contributed by atoms with Crippen LogP contribution >= 0.6 is 11.3 Å². The molecular formula is C20H22N2O2S. The predicted octanol–water partition coefficient (Wildman–Crippen LogP) is 3.32. The molecular weight excluding hydrogens is 332 g/mol. The number of hydrogen-bond donors (Lipinski definition) is 0. The normalized spacial score (nSPS) is 19.4. The zero-order chi connectivity index (χ0) is 17.0. The second-order valence-corrected chi connectivity index (χ2v) is 8.43. The number of amides is 1. The van der Waals surface area contributed by atoms with E-state index in [4.69, 9.17) is 0 Å². The van der Waals surface area contributed by atoms with Gasteiger partial charge in [-0.05, 0) is 72.6 Å². The first kappa shape index (κ1) is 15.4. The minimum atomic E-state index is 0.119. The van der Waals surface area contributed by atoms with Gasteiger partial charge < -0.3 is 9.47 Å². The first-order chi connectivity index (χ1) is 12.2. The van der Waals surface area contributed by atoms with E-state index in [1.165, 1.54) is 24.0 Å². The minimum absolute atomic E-state index is 0.119. The smallest absolute Gasteiger partial charge is 0.264 e. The third-order valence-electron chi connectivity index (χ3n) is 5.80. The van der Waals surface area contributed by atoms with E-state index in [2.05, 4.69) is 5.38 Å². The van der Waals surface area contributed by atoms with Gasteiger partial charge in [-0.15, -0.1) is 11.3 Å². The van der Waals surface area contributed by atoms with Crippen LogP contribution in [0.5, 0.6) is 0 Å². The van der Waals surface area contributed by atoms with Crippen LogP contribution in [0.15, 0.2) is 22.4 Å². The molecule has 3 aliphatic rings. The molecule has 2 aromatic rings. The minimum Gasteiger partial charge on any atom is -0.333 e. The third kappa shape index (κ3) is 2.65. The van der Waals surface area contributed by atoms with E-state index in [0.29, 0.717) is 19.1 Å². The molecule has 1 saturated carbocycles. The number of hydrogen-bond acceptors (Lipinski definition) is 3. The summed E-state index contributed by atoms with van der Waals surface area (Å²) in [5.41, 5.74) is 5.08. The van der Waals surface area contributed by atoms with Gasteiger partial charge in [0, 0.05) is 31.4 Å². The standard InChI is InChI=1S/C20H22N2O2S/c23-18-9-13-7-8-21(10-15(13)11-22(18)16-5-6-16)20(24)19-17-4-2-1-3-14(17)12-25-19/h9,11-12,16H,1-8,10H2. The van der Waals surface area contributed by atoms with E-state index in [-0.39, 0.29) is 11.5 Å². The highest BCUT2D eigenvalue weighted by Gasteiger charge is 2.29. The first-order valence-electron chi connectivity index (χ1n) is 9.33. The van der Waals surface area contributed by atoms with Crippen LogP contribution in [0.4, 0.5) is 0 Å². The first-order valence-corrected chi connectivity index (χ1v) is 10.2. The summed E-state index contributed by atoms with van der Waals surface area (Å²) in [5, 5.41) is 2.18. The van der Waals surface area contributed by atoms with E-state index in [9.17, 15) is 9.59 Å². The number of aryl methyl sites for hydroxylation is 1. The molecule has 5 rings (SSSR count). The van der Waals surface area contributed by atoms with Crippen molar-refractivity contribution >= 4 is 17.2 Å². The van der Waals surface area contributed by atoms with Crippen LogP contribution in [0, 0.1) is 0 Å². The lowest BCUT2D eigenvalue weighted by molar-refractivity contribution is 0.0738. The summed E-state index contributed by atoms with van der Waals surface area (Å²) in [6.45, 7) is 1.35. The SMILES string of the molecule is O=C(c1scc2c1CCCC2)N1CCc2cc(=O)n(C3CC3)cc2C1. The fourth-order valence-electron chi connectivity index (χ4n) is 4.20. The molecule has 1 amide bonds. The maximum absolute atomic E-state index is 13.1. The molecule has 0 aromatic carbocycles. The highest BCUT2D eigenvalue weighted by molar-refractivity contribution is 7.12. The van der Waals surface area contributed by atoms with Crippen molar-refractivity contribution in [1.82, 2.24) is 9.47 Å². The van der Waals surface area contributed by atoms with Gasteiger partial charge in [0.25, 0.3) is 11.5 Å². The Morgan fingerprint density at radius 3 is 2.76 bits per heavy atom. The van der Waals surface area contributed by atoms with Gasteiger partial charge >= 0.3 is 0 Å². The van der Waals surface area contributed by atoms with Crippen molar-refractivity contribution in [3.63, 3.8) is 0 Å². The van der Waals surface area contributed by atoms with Crippen LogP contribution in [0.25, 0.3) is 0 Å². The van der Waals surface area contributed by atoms with Gasteiger partial charge in [0.2, 0.25) is 0 Å². The predicted molar refractivity (Wildman–Crippen MR) is 98.4 cm³/mol. The Morgan fingerprint density at radius 1 is 1.08 bits per heavy atom. The molecule has 1 fully saturated rings. The molecule has 0 unspecified atom stereocenters. The van der Waals surface area contributed by atoms with Crippen LogP contribution in [0.3, 0.4) is 0 Å². The summed E-state index contributed by atoms with van der Waals surface area (Å²) in [4.78, 5) is 28.3. The topological polar surface area (TPSA) is 42.3 Å². The lowest BCUT2D eigenvalue weighted by Crippen LogP contribution is -2.37. The largest absolute Gasteiger partial charge is 0.333 e. The quantitative estimate of drug-likeness (QED) is 0.830.